The molecule has 0 amide bonds. The van der Waals surface area contributed by atoms with Crippen molar-refractivity contribution in [2.45, 2.75) is 24.2 Å². The fourth-order valence-corrected chi connectivity index (χ4v) is 2.74. The molecule has 0 aliphatic rings. The van der Waals surface area contributed by atoms with E-state index in [4.69, 9.17) is 5.73 Å². The molecule has 6 heteroatoms. The summed E-state index contributed by atoms with van der Waals surface area (Å²) < 4.78 is 23.3. The minimum atomic E-state index is -3.24. The third-order valence-corrected chi connectivity index (χ3v) is 3.92. The minimum absolute atomic E-state index is 0.279. The van der Waals surface area contributed by atoms with E-state index in [2.05, 4.69) is 9.97 Å². The van der Waals surface area contributed by atoms with E-state index >= 15 is 0 Å². The smallest absolute Gasteiger partial charge is 0.177 e. The summed E-state index contributed by atoms with van der Waals surface area (Å²) in [6.07, 6.45) is 3.88. The molecule has 0 atom stereocenters. The highest BCUT2D eigenvalue weighted by Crippen LogP contribution is 2.21. The van der Waals surface area contributed by atoms with Crippen molar-refractivity contribution in [3.05, 3.63) is 24.0 Å². The van der Waals surface area contributed by atoms with Gasteiger partial charge in [0.1, 0.15) is 11.3 Å². The largest absolute Gasteiger partial charge is 0.342 e. The number of aryl methyl sites for hydroxylation is 1. The quantitative estimate of drug-likeness (QED) is 0.798. The number of unbranched alkanes of at least 4 members (excludes halogenated alkanes) is 1. The zero-order valence-electron chi connectivity index (χ0n) is 10.3. The lowest BCUT2D eigenvalue weighted by Gasteiger charge is -1.97. The van der Waals surface area contributed by atoms with Crippen molar-refractivity contribution in [2.75, 3.05) is 12.8 Å². The molecule has 0 aliphatic heterocycles. The van der Waals surface area contributed by atoms with Gasteiger partial charge in [0.25, 0.3) is 0 Å². The molecule has 2 rings (SSSR count). The molecule has 0 saturated carbocycles. The Morgan fingerprint density at radius 3 is 2.78 bits per heavy atom. The second-order valence-corrected chi connectivity index (χ2v) is 6.34. The number of aromatic nitrogens is 2. The average Bonchev–Trinajstić information content (AvgIpc) is 2.70. The lowest BCUT2D eigenvalue weighted by molar-refractivity contribution is 0.602. The highest BCUT2D eigenvalue weighted by Gasteiger charge is 2.14. The van der Waals surface area contributed by atoms with Gasteiger partial charge in [-0.15, -0.1) is 0 Å². The molecule has 18 heavy (non-hydrogen) atoms. The molecule has 0 bridgehead atoms. The minimum Gasteiger partial charge on any atom is -0.342 e. The number of H-pyrrole nitrogens is 1. The lowest BCUT2D eigenvalue weighted by atomic mass is 10.2. The van der Waals surface area contributed by atoms with Gasteiger partial charge in [-0.2, -0.15) is 0 Å². The predicted molar refractivity (Wildman–Crippen MR) is 71.2 cm³/mol. The van der Waals surface area contributed by atoms with Crippen molar-refractivity contribution >= 4 is 20.9 Å². The number of nitrogens with one attached hydrogen (secondary N) is 1. The van der Waals surface area contributed by atoms with Crippen LogP contribution in [0.5, 0.6) is 0 Å². The first-order valence-electron chi connectivity index (χ1n) is 5.90. The van der Waals surface area contributed by atoms with E-state index in [0.29, 0.717) is 12.1 Å². The summed E-state index contributed by atoms with van der Waals surface area (Å²) in [5.41, 5.74) is 6.73. The summed E-state index contributed by atoms with van der Waals surface area (Å²) in [7, 11) is -3.24. The number of hydrogen-bond donors (Lipinski definition) is 2. The maximum atomic E-state index is 11.6. The van der Waals surface area contributed by atoms with Gasteiger partial charge in [0.2, 0.25) is 0 Å². The van der Waals surface area contributed by atoms with Crippen LogP contribution in [0.2, 0.25) is 0 Å². The van der Waals surface area contributed by atoms with Gasteiger partial charge in [0.15, 0.2) is 9.84 Å². The van der Waals surface area contributed by atoms with Gasteiger partial charge in [0.05, 0.1) is 10.4 Å². The van der Waals surface area contributed by atoms with Crippen molar-refractivity contribution in [3.63, 3.8) is 0 Å². The first-order valence-corrected chi connectivity index (χ1v) is 7.79. The Morgan fingerprint density at radius 1 is 1.33 bits per heavy atom. The Kier molecular flexibility index (Phi) is 3.68. The first kappa shape index (κ1) is 13.0. The molecule has 0 fully saturated rings. The molecule has 5 nitrogen and oxygen atoms in total. The predicted octanol–water partition coefficient (Wildman–Crippen LogP) is 1.25. The van der Waals surface area contributed by atoms with E-state index < -0.39 is 9.84 Å². The van der Waals surface area contributed by atoms with Crippen LogP contribution < -0.4 is 5.73 Å². The summed E-state index contributed by atoms with van der Waals surface area (Å²) in [6.45, 7) is 0.662. The maximum Gasteiger partial charge on any atom is 0.177 e. The second kappa shape index (κ2) is 5.07. The van der Waals surface area contributed by atoms with Gasteiger partial charge in [-0.25, -0.2) is 13.4 Å². The normalized spacial score (nSPS) is 12.1. The van der Waals surface area contributed by atoms with E-state index in [1.54, 1.807) is 12.1 Å². The molecule has 1 aromatic carbocycles. The number of imidazole rings is 1. The van der Waals surface area contributed by atoms with E-state index in [1.165, 1.54) is 6.26 Å². The van der Waals surface area contributed by atoms with Gasteiger partial charge >= 0.3 is 0 Å². The first-order chi connectivity index (χ1) is 8.52. The van der Waals surface area contributed by atoms with Crippen molar-refractivity contribution in [3.8, 4) is 0 Å². The zero-order valence-corrected chi connectivity index (χ0v) is 11.1. The SMILES string of the molecule is CS(=O)(=O)c1cccc2[nH]c(CCCCN)nc12. The van der Waals surface area contributed by atoms with Crippen LogP contribution in [-0.4, -0.2) is 31.2 Å². The number of nitrogens with zero attached hydrogens (tertiary/aromatic N) is 1. The van der Waals surface area contributed by atoms with Crippen molar-refractivity contribution in [2.24, 2.45) is 5.73 Å². The Bertz CT molecular complexity index is 646. The van der Waals surface area contributed by atoms with E-state index in [1.807, 2.05) is 6.07 Å². The fourth-order valence-electron chi connectivity index (χ4n) is 1.91. The molecule has 0 radical (unpaired) electrons. The zero-order chi connectivity index (χ0) is 13.2. The summed E-state index contributed by atoms with van der Waals surface area (Å²) in [5, 5.41) is 0. The van der Waals surface area contributed by atoms with Crippen LogP contribution in [-0.2, 0) is 16.3 Å². The van der Waals surface area contributed by atoms with Crippen molar-refractivity contribution < 1.29 is 8.42 Å². The molecule has 0 saturated heterocycles. The van der Waals surface area contributed by atoms with E-state index in [0.717, 1.165) is 30.6 Å². The number of nitrogens with two attached hydrogens (primary N) is 1. The number of sulfone groups is 1. The Balaban J connectivity index is 2.39. The summed E-state index contributed by atoms with van der Waals surface area (Å²) in [4.78, 5) is 7.80. The fraction of sp³-hybridized carbons (Fsp3) is 0.417. The number of fused-ring (bicyclic) bond motifs is 1. The Morgan fingerprint density at radius 2 is 2.11 bits per heavy atom. The van der Waals surface area contributed by atoms with Crippen LogP contribution in [0.15, 0.2) is 23.1 Å². The van der Waals surface area contributed by atoms with Crippen LogP contribution in [0.4, 0.5) is 0 Å². The lowest BCUT2D eigenvalue weighted by Crippen LogP contribution is -1.99. The van der Waals surface area contributed by atoms with Crippen LogP contribution in [0, 0.1) is 0 Å². The van der Waals surface area contributed by atoms with Crippen LogP contribution in [0.3, 0.4) is 0 Å². The van der Waals surface area contributed by atoms with Gasteiger partial charge in [0, 0.05) is 12.7 Å². The molecule has 1 heterocycles. The highest BCUT2D eigenvalue weighted by atomic mass is 32.2. The van der Waals surface area contributed by atoms with Gasteiger partial charge in [-0.1, -0.05) is 6.07 Å². The number of aromatic amines is 1. The van der Waals surface area contributed by atoms with Gasteiger partial charge in [-0.3, -0.25) is 0 Å². The van der Waals surface area contributed by atoms with E-state index in [9.17, 15) is 8.42 Å². The topological polar surface area (TPSA) is 88.8 Å². The Labute approximate surface area is 106 Å². The summed E-state index contributed by atoms with van der Waals surface area (Å²) in [5.74, 6) is 0.814. The number of benzene rings is 1. The third kappa shape index (κ3) is 2.70. The number of hydrogen-bond acceptors (Lipinski definition) is 4. The third-order valence-electron chi connectivity index (χ3n) is 2.79. The second-order valence-electron chi connectivity index (χ2n) is 4.35. The van der Waals surface area contributed by atoms with Gasteiger partial charge < -0.3 is 10.7 Å². The molecule has 98 valence electrons. The molecule has 1 aromatic heterocycles. The van der Waals surface area contributed by atoms with Crippen LogP contribution >= 0.6 is 0 Å². The Hall–Kier alpha value is -1.40. The van der Waals surface area contributed by atoms with Gasteiger partial charge in [-0.05, 0) is 31.5 Å². The van der Waals surface area contributed by atoms with Crippen LogP contribution in [0.1, 0.15) is 18.7 Å². The molecule has 0 unspecified atom stereocenters. The standard InChI is InChI=1S/C12H17N3O2S/c1-18(16,17)10-6-4-5-9-12(10)15-11(14-9)7-2-3-8-13/h4-6H,2-3,7-8,13H2,1H3,(H,14,15). The van der Waals surface area contributed by atoms with Crippen LogP contribution in [0.25, 0.3) is 11.0 Å². The molecular formula is C12H17N3O2S. The summed E-state index contributed by atoms with van der Waals surface area (Å²) >= 11 is 0. The molecule has 0 spiro atoms. The number of rotatable bonds is 5. The monoisotopic (exact) mass is 267 g/mol. The summed E-state index contributed by atoms with van der Waals surface area (Å²) in [6, 6.07) is 5.15. The molecule has 0 aliphatic carbocycles. The maximum absolute atomic E-state index is 11.6. The molecule has 2 aromatic rings. The average molecular weight is 267 g/mol. The molecule has 3 N–H and O–H groups in total. The number of para-hydroxylation sites is 1. The van der Waals surface area contributed by atoms with Crippen molar-refractivity contribution in [1.29, 1.82) is 0 Å². The van der Waals surface area contributed by atoms with E-state index in [-0.39, 0.29) is 4.90 Å². The molecular weight excluding hydrogens is 250 g/mol. The van der Waals surface area contributed by atoms with Crippen molar-refractivity contribution in [1.82, 2.24) is 9.97 Å². The highest BCUT2D eigenvalue weighted by molar-refractivity contribution is 7.91.